The van der Waals surface area contributed by atoms with Gasteiger partial charge < -0.3 is 0 Å². The van der Waals surface area contributed by atoms with Crippen LogP contribution >= 0.6 is 22.9 Å². The number of rotatable bonds is 2. The Labute approximate surface area is 98.1 Å². The summed E-state index contributed by atoms with van der Waals surface area (Å²) in [5.74, 6) is 0. The van der Waals surface area contributed by atoms with Crippen molar-refractivity contribution in [3.63, 3.8) is 0 Å². The fraction of sp³-hybridized carbons (Fsp3) is 0.182. The molecule has 0 bridgehead atoms. The lowest BCUT2D eigenvalue weighted by Gasteiger charge is -1.98. The second-order valence-electron chi connectivity index (χ2n) is 3.37. The number of nitrogens with zero attached hydrogens (tertiary/aromatic N) is 1. The topological polar surface area (TPSA) is 15.9 Å². The molecule has 0 radical (unpaired) electrons. The Balaban J connectivity index is 2.22. The lowest BCUT2D eigenvalue weighted by Crippen LogP contribution is -2.31. The van der Waals surface area contributed by atoms with Crippen molar-refractivity contribution in [2.75, 3.05) is 5.32 Å². The van der Waals surface area contributed by atoms with Gasteiger partial charge in [-0.05, 0) is 31.2 Å². The quantitative estimate of drug-likeness (QED) is 0.796. The minimum Gasteiger partial charge on any atom is -0.231 e. The molecular weight excluding hydrogens is 228 g/mol. The van der Waals surface area contributed by atoms with E-state index < -0.39 is 0 Å². The summed E-state index contributed by atoms with van der Waals surface area (Å²) in [4.78, 5) is 0. The number of anilines is 2. The van der Waals surface area contributed by atoms with Gasteiger partial charge in [0.2, 0.25) is 0 Å². The highest BCUT2D eigenvalue weighted by Crippen LogP contribution is 2.20. The lowest BCUT2D eigenvalue weighted by atomic mass is 10.3. The van der Waals surface area contributed by atoms with Crippen LogP contribution in [0.2, 0.25) is 5.02 Å². The van der Waals surface area contributed by atoms with E-state index in [1.807, 2.05) is 31.3 Å². The molecule has 0 fully saturated rings. The molecule has 0 unspecified atom stereocenters. The highest BCUT2D eigenvalue weighted by molar-refractivity contribution is 7.13. The zero-order valence-corrected chi connectivity index (χ0v) is 10.2. The summed E-state index contributed by atoms with van der Waals surface area (Å²) >= 11 is 7.51. The molecule has 0 atom stereocenters. The molecule has 0 spiro atoms. The predicted molar refractivity (Wildman–Crippen MR) is 65.0 cm³/mol. The van der Waals surface area contributed by atoms with Gasteiger partial charge in [0.1, 0.15) is 11.4 Å². The van der Waals surface area contributed by atoms with Gasteiger partial charge in [0, 0.05) is 10.4 Å². The van der Waals surface area contributed by atoms with E-state index in [0.29, 0.717) is 0 Å². The summed E-state index contributed by atoms with van der Waals surface area (Å²) in [5.41, 5.74) is 2.30. The molecule has 78 valence electrons. The van der Waals surface area contributed by atoms with Crippen molar-refractivity contribution in [1.29, 1.82) is 0 Å². The summed E-state index contributed by atoms with van der Waals surface area (Å²) in [5, 5.41) is 7.34. The van der Waals surface area contributed by atoms with Crippen molar-refractivity contribution < 1.29 is 4.57 Å². The van der Waals surface area contributed by atoms with Crippen molar-refractivity contribution in [2.45, 2.75) is 6.92 Å². The van der Waals surface area contributed by atoms with Gasteiger partial charge in [0.15, 0.2) is 0 Å². The van der Waals surface area contributed by atoms with Gasteiger partial charge in [-0.25, -0.2) is 9.88 Å². The molecule has 4 heteroatoms. The summed E-state index contributed by atoms with van der Waals surface area (Å²) in [6.07, 6.45) is 0. The number of benzene rings is 1. The van der Waals surface area contributed by atoms with Crippen LogP contribution in [0.5, 0.6) is 0 Å². The number of halogens is 1. The SMILES string of the molecule is Cc1csc(Nc2ccc(Cl)cc2)[n+]1C. The van der Waals surface area contributed by atoms with Crippen molar-refractivity contribution in [3.8, 4) is 0 Å². The third-order valence-corrected chi connectivity index (χ3v) is 3.58. The van der Waals surface area contributed by atoms with E-state index in [4.69, 9.17) is 11.6 Å². The van der Waals surface area contributed by atoms with Crippen molar-refractivity contribution in [3.05, 3.63) is 40.4 Å². The van der Waals surface area contributed by atoms with Gasteiger partial charge in [-0.3, -0.25) is 0 Å². The van der Waals surface area contributed by atoms with Crippen molar-refractivity contribution >= 4 is 33.8 Å². The second-order valence-corrected chi connectivity index (χ2v) is 4.67. The maximum Gasteiger partial charge on any atom is 0.338 e. The molecule has 0 aliphatic rings. The first kappa shape index (κ1) is 10.5. The van der Waals surface area contributed by atoms with E-state index >= 15 is 0 Å². The first-order chi connectivity index (χ1) is 7.16. The standard InChI is InChI=1S/C11H11ClN2S/c1-8-7-15-11(14(8)2)13-10-5-3-9(12)4-6-10/h3-7H,1-2H3/p+1. The molecule has 0 aliphatic carbocycles. The molecule has 1 aromatic heterocycles. The Bertz CT molecular complexity index is 462. The van der Waals surface area contributed by atoms with Gasteiger partial charge in [-0.1, -0.05) is 22.9 Å². The van der Waals surface area contributed by atoms with Crippen LogP contribution in [0.25, 0.3) is 0 Å². The highest BCUT2D eigenvalue weighted by Gasteiger charge is 2.11. The Morgan fingerprint density at radius 2 is 1.93 bits per heavy atom. The van der Waals surface area contributed by atoms with Crippen LogP contribution in [-0.4, -0.2) is 0 Å². The van der Waals surface area contributed by atoms with Gasteiger partial charge >= 0.3 is 5.13 Å². The summed E-state index contributed by atoms with van der Waals surface area (Å²) < 4.78 is 2.12. The average molecular weight is 240 g/mol. The Morgan fingerprint density at radius 1 is 1.27 bits per heavy atom. The maximum atomic E-state index is 5.82. The normalized spacial score (nSPS) is 10.3. The molecule has 0 amide bonds. The number of aromatic nitrogens is 1. The van der Waals surface area contributed by atoms with Crippen molar-refractivity contribution in [1.82, 2.24) is 0 Å². The summed E-state index contributed by atoms with van der Waals surface area (Å²) in [6, 6.07) is 7.70. The van der Waals surface area contributed by atoms with E-state index in [-0.39, 0.29) is 0 Å². The zero-order valence-electron chi connectivity index (χ0n) is 8.62. The van der Waals surface area contributed by atoms with Crippen LogP contribution in [0.3, 0.4) is 0 Å². The number of aryl methyl sites for hydroxylation is 1. The van der Waals surface area contributed by atoms with Crippen molar-refractivity contribution in [2.24, 2.45) is 7.05 Å². The highest BCUT2D eigenvalue weighted by atomic mass is 35.5. The molecule has 2 rings (SSSR count). The summed E-state index contributed by atoms with van der Waals surface area (Å²) in [7, 11) is 2.05. The van der Waals surface area contributed by atoms with Gasteiger partial charge in [0.05, 0.1) is 7.05 Å². The monoisotopic (exact) mass is 239 g/mol. The Morgan fingerprint density at radius 3 is 2.47 bits per heavy atom. The average Bonchev–Trinajstić information content (AvgIpc) is 2.53. The van der Waals surface area contributed by atoms with Gasteiger partial charge in [-0.15, -0.1) is 0 Å². The van der Waals surface area contributed by atoms with Gasteiger partial charge in [0.25, 0.3) is 0 Å². The van der Waals surface area contributed by atoms with E-state index in [1.54, 1.807) is 11.3 Å². The molecule has 1 aromatic carbocycles. The summed E-state index contributed by atoms with van der Waals surface area (Å²) in [6.45, 7) is 2.09. The van der Waals surface area contributed by atoms with E-state index in [1.165, 1.54) is 5.69 Å². The molecule has 1 N–H and O–H groups in total. The number of hydrogen-bond donors (Lipinski definition) is 1. The Hall–Kier alpha value is -1.06. The smallest absolute Gasteiger partial charge is 0.231 e. The molecule has 0 saturated heterocycles. The third kappa shape index (κ3) is 2.30. The maximum absolute atomic E-state index is 5.82. The minimum atomic E-state index is 0.757. The molecule has 2 nitrogen and oxygen atoms in total. The van der Waals surface area contributed by atoms with E-state index in [2.05, 4.69) is 22.2 Å². The van der Waals surface area contributed by atoms with Crippen LogP contribution in [0.15, 0.2) is 29.6 Å². The predicted octanol–water partition coefficient (Wildman–Crippen LogP) is 3.28. The van der Waals surface area contributed by atoms with Gasteiger partial charge in [-0.2, -0.15) is 0 Å². The number of thiazole rings is 1. The molecule has 0 aliphatic heterocycles. The second kappa shape index (κ2) is 4.21. The minimum absolute atomic E-state index is 0.757. The molecule has 0 saturated carbocycles. The molecule has 15 heavy (non-hydrogen) atoms. The van der Waals surface area contributed by atoms with E-state index in [0.717, 1.165) is 15.8 Å². The number of hydrogen-bond acceptors (Lipinski definition) is 2. The molecular formula is C11H12ClN2S+. The first-order valence-corrected chi connectivity index (χ1v) is 5.89. The Kier molecular flexibility index (Phi) is 2.93. The largest absolute Gasteiger partial charge is 0.338 e. The lowest BCUT2D eigenvalue weighted by molar-refractivity contribution is -0.658. The van der Waals surface area contributed by atoms with E-state index in [9.17, 15) is 0 Å². The molecule has 1 heterocycles. The number of nitrogens with one attached hydrogen (secondary N) is 1. The van der Waals surface area contributed by atoms with Crippen LogP contribution in [0, 0.1) is 6.92 Å². The first-order valence-electron chi connectivity index (χ1n) is 4.63. The van der Waals surface area contributed by atoms with Crippen LogP contribution < -0.4 is 9.88 Å². The molecule has 2 aromatic rings. The fourth-order valence-corrected chi connectivity index (χ4v) is 2.27. The zero-order chi connectivity index (χ0) is 10.8. The van der Waals surface area contributed by atoms with Crippen LogP contribution in [-0.2, 0) is 7.05 Å². The fourth-order valence-electron chi connectivity index (χ4n) is 1.23. The van der Waals surface area contributed by atoms with Crippen LogP contribution in [0.1, 0.15) is 5.69 Å². The van der Waals surface area contributed by atoms with Crippen LogP contribution in [0.4, 0.5) is 10.8 Å². The third-order valence-electron chi connectivity index (χ3n) is 2.27.